The molecule has 4 fully saturated rings. The van der Waals surface area contributed by atoms with Crippen molar-refractivity contribution in [2.75, 3.05) is 6.61 Å². The minimum Gasteiger partial charge on any atom is -0.396 e. The molecule has 1 N–H and O–H groups in total. The van der Waals surface area contributed by atoms with Crippen molar-refractivity contribution in [1.82, 2.24) is 0 Å². The monoisotopic (exact) mass is 304 g/mol. The lowest BCUT2D eigenvalue weighted by molar-refractivity contribution is -0.140. The molecule has 0 unspecified atom stereocenters. The third-order valence-corrected chi connectivity index (χ3v) is 8.90. The molecule has 0 aromatic heterocycles. The van der Waals surface area contributed by atoms with Crippen LogP contribution >= 0.6 is 0 Å². The molecular formula is C20H32O2. The first-order valence-corrected chi connectivity index (χ1v) is 9.61. The SMILES string of the molecule is C[C@]12CCC(=O)C[C@@H]1CC[C@@H]1[C@@H]2CC[C@]2(C)[C@@H](CO)CC[C@@H]12. The molecule has 7 atom stereocenters. The summed E-state index contributed by atoms with van der Waals surface area (Å²) in [5.41, 5.74) is 0.819. The van der Waals surface area contributed by atoms with Crippen LogP contribution in [0, 0.1) is 40.4 Å². The van der Waals surface area contributed by atoms with Crippen LogP contribution in [0.3, 0.4) is 0 Å². The lowest BCUT2D eigenvalue weighted by Crippen LogP contribution is -2.53. The normalized spacial score (nSPS) is 54.5. The first kappa shape index (κ1) is 15.2. The van der Waals surface area contributed by atoms with E-state index in [0.29, 0.717) is 35.1 Å². The van der Waals surface area contributed by atoms with E-state index in [9.17, 15) is 9.90 Å². The lowest BCUT2D eigenvalue weighted by atomic mass is 9.45. The highest BCUT2D eigenvalue weighted by molar-refractivity contribution is 5.79. The van der Waals surface area contributed by atoms with Gasteiger partial charge in [-0.15, -0.1) is 0 Å². The van der Waals surface area contributed by atoms with E-state index >= 15 is 0 Å². The van der Waals surface area contributed by atoms with E-state index in [1.807, 2.05) is 0 Å². The van der Waals surface area contributed by atoms with Crippen LogP contribution in [0.25, 0.3) is 0 Å². The average molecular weight is 304 g/mol. The van der Waals surface area contributed by atoms with Crippen molar-refractivity contribution in [3.8, 4) is 0 Å². The smallest absolute Gasteiger partial charge is 0.133 e. The van der Waals surface area contributed by atoms with E-state index in [4.69, 9.17) is 0 Å². The van der Waals surface area contributed by atoms with Gasteiger partial charge in [0, 0.05) is 19.4 Å². The first-order valence-electron chi connectivity index (χ1n) is 9.61. The Hall–Kier alpha value is -0.370. The maximum Gasteiger partial charge on any atom is 0.133 e. The van der Waals surface area contributed by atoms with E-state index in [1.54, 1.807) is 0 Å². The molecule has 0 aromatic carbocycles. The van der Waals surface area contributed by atoms with Gasteiger partial charge in [-0.25, -0.2) is 0 Å². The van der Waals surface area contributed by atoms with Crippen molar-refractivity contribution in [2.24, 2.45) is 40.4 Å². The third-order valence-electron chi connectivity index (χ3n) is 8.90. The highest BCUT2D eigenvalue weighted by atomic mass is 16.3. The Bertz CT molecular complexity index is 472. The minimum absolute atomic E-state index is 0.388. The maximum atomic E-state index is 11.9. The van der Waals surface area contributed by atoms with Gasteiger partial charge in [0.15, 0.2) is 0 Å². The topological polar surface area (TPSA) is 37.3 Å². The molecule has 0 spiro atoms. The highest BCUT2D eigenvalue weighted by Gasteiger charge is 2.59. The fourth-order valence-corrected chi connectivity index (χ4v) is 7.45. The van der Waals surface area contributed by atoms with Crippen molar-refractivity contribution in [3.63, 3.8) is 0 Å². The van der Waals surface area contributed by atoms with E-state index in [2.05, 4.69) is 13.8 Å². The van der Waals surface area contributed by atoms with Crippen LogP contribution in [-0.2, 0) is 4.79 Å². The number of hydrogen-bond acceptors (Lipinski definition) is 2. The third kappa shape index (κ3) is 1.92. The van der Waals surface area contributed by atoms with E-state index < -0.39 is 0 Å². The van der Waals surface area contributed by atoms with Crippen molar-refractivity contribution in [2.45, 2.75) is 71.6 Å². The Balaban J connectivity index is 1.62. The van der Waals surface area contributed by atoms with Crippen LogP contribution in [0.4, 0.5) is 0 Å². The van der Waals surface area contributed by atoms with Crippen LogP contribution in [0.1, 0.15) is 71.6 Å². The Morgan fingerprint density at radius 3 is 2.55 bits per heavy atom. The quantitative estimate of drug-likeness (QED) is 0.788. The van der Waals surface area contributed by atoms with Crippen molar-refractivity contribution in [1.29, 1.82) is 0 Å². The molecule has 4 aliphatic rings. The van der Waals surface area contributed by atoms with Crippen molar-refractivity contribution in [3.05, 3.63) is 0 Å². The molecule has 4 aliphatic carbocycles. The molecule has 124 valence electrons. The van der Waals surface area contributed by atoms with Gasteiger partial charge < -0.3 is 5.11 Å². The summed E-state index contributed by atoms with van der Waals surface area (Å²) in [5.74, 6) is 4.26. The summed E-state index contributed by atoms with van der Waals surface area (Å²) in [6.45, 7) is 5.38. The van der Waals surface area contributed by atoms with Gasteiger partial charge >= 0.3 is 0 Å². The zero-order valence-corrected chi connectivity index (χ0v) is 14.3. The number of ketones is 1. The highest BCUT2D eigenvalue weighted by Crippen LogP contribution is 2.67. The second kappa shape index (κ2) is 5.06. The molecular weight excluding hydrogens is 272 g/mol. The Labute approximate surface area is 135 Å². The van der Waals surface area contributed by atoms with Crippen LogP contribution < -0.4 is 0 Å². The summed E-state index contributed by atoms with van der Waals surface area (Å²) in [5, 5.41) is 9.80. The van der Waals surface area contributed by atoms with Crippen LogP contribution in [0.5, 0.6) is 0 Å². The van der Waals surface area contributed by atoms with Gasteiger partial charge in [-0.2, -0.15) is 0 Å². The summed E-state index contributed by atoms with van der Waals surface area (Å²) in [6, 6.07) is 0. The number of aliphatic hydroxyl groups excluding tert-OH is 1. The molecule has 0 aromatic rings. The van der Waals surface area contributed by atoms with Crippen molar-refractivity contribution < 1.29 is 9.90 Å². The summed E-state index contributed by atoms with van der Waals surface area (Å²) >= 11 is 0. The molecule has 0 heterocycles. The fourth-order valence-electron chi connectivity index (χ4n) is 7.45. The van der Waals surface area contributed by atoms with Gasteiger partial charge in [-0.3, -0.25) is 4.79 Å². The van der Waals surface area contributed by atoms with E-state index in [0.717, 1.165) is 37.0 Å². The van der Waals surface area contributed by atoms with Gasteiger partial charge in [-0.1, -0.05) is 13.8 Å². The summed E-state index contributed by atoms with van der Waals surface area (Å²) in [7, 11) is 0. The number of carbonyl (C=O) groups excluding carboxylic acids is 1. The number of rotatable bonds is 1. The Kier molecular flexibility index (Phi) is 3.49. The first-order chi connectivity index (χ1) is 10.5. The molecule has 4 saturated carbocycles. The molecule has 0 radical (unpaired) electrons. The zero-order valence-electron chi connectivity index (χ0n) is 14.3. The summed E-state index contributed by atoms with van der Waals surface area (Å²) < 4.78 is 0. The number of hydrogen-bond donors (Lipinski definition) is 1. The molecule has 0 aliphatic heterocycles. The van der Waals surface area contributed by atoms with Gasteiger partial charge in [0.25, 0.3) is 0 Å². The lowest BCUT2D eigenvalue weighted by Gasteiger charge is -2.60. The van der Waals surface area contributed by atoms with Gasteiger partial charge in [0.1, 0.15) is 5.78 Å². The van der Waals surface area contributed by atoms with Gasteiger partial charge in [-0.05, 0) is 85.4 Å². The number of carbonyl (C=O) groups is 1. The van der Waals surface area contributed by atoms with Crippen LogP contribution in [0.15, 0.2) is 0 Å². The number of Topliss-reactive ketones (excluding diaryl/α,β-unsaturated/α-hetero) is 1. The van der Waals surface area contributed by atoms with Gasteiger partial charge in [0.2, 0.25) is 0 Å². The Morgan fingerprint density at radius 2 is 1.77 bits per heavy atom. The predicted molar refractivity (Wildman–Crippen MR) is 87.3 cm³/mol. The average Bonchev–Trinajstić information content (AvgIpc) is 2.84. The molecule has 0 bridgehead atoms. The van der Waals surface area contributed by atoms with Crippen LogP contribution in [0.2, 0.25) is 0 Å². The second-order valence-corrected chi connectivity index (χ2v) is 9.40. The minimum atomic E-state index is 0.388. The van der Waals surface area contributed by atoms with E-state index in [-0.39, 0.29) is 0 Å². The standard InChI is InChI=1S/C20H32O2/c1-19-9-7-15(22)11-13(19)3-5-16-17-6-4-14(12-21)20(17,2)10-8-18(16)19/h13-14,16-18,21H,3-12H2,1-2H3/t13-,14+,16-,17-,18-,19-,20+/m0/s1. The maximum absolute atomic E-state index is 11.9. The Morgan fingerprint density at radius 1 is 1.00 bits per heavy atom. The molecule has 2 nitrogen and oxygen atoms in total. The molecule has 4 rings (SSSR count). The molecule has 2 heteroatoms. The number of fused-ring (bicyclic) bond motifs is 5. The van der Waals surface area contributed by atoms with Gasteiger partial charge in [0.05, 0.1) is 0 Å². The summed E-state index contributed by atoms with van der Waals surface area (Å²) in [4.78, 5) is 11.9. The second-order valence-electron chi connectivity index (χ2n) is 9.40. The molecule has 0 saturated heterocycles. The van der Waals surface area contributed by atoms with Crippen molar-refractivity contribution >= 4 is 5.78 Å². The molecule has 22 heavy (non-hydrogen) atoms. The van der Waals surface area contributed by atoms with E-state index in [1.165, 1.54) is 38.5 Å². The number of aliphatic hydroxyl groups is 1. The fraction of sp³-hybridized carbons (Fsp3) is 0.950. The zero-order chi connectivity index (χ0) is 15.5. The largest absolute Gasteiger partial charge is 0.396 e. The predicted octanol–water partition coefficient (Wildman–Crippen LogP) is 4.21. The molecule has 0 amide bonds. The summed E-state index contributed by atoms with van der Waals surface area (Å²) in [6.07, 6.45) is 10.7. The van der Waals surface area contributed by atoms with Crippen LogP contribution in [-0.4, -0.2) is 17.5 Å².